The standard InChI is InChI=1S/C17H25N3/c1-3-20(16-8-6-14(2)7-9-16)12-10-15-5-4-11-17(15,19)13-18/h6-9,15H,3-5,10-12,19H2,1-2H3. The SMILES string of the molecule is CCN(CCC1CCCC1(N)C#N)c1ccc(C)cc1. The van der Waals surface area contributed by atoms with Crippen LogP contribution in [0.4, 0.5) is 5.69 Å². The maximum Gasteiger partial charge on any atom is 0.107 e. The van der Waals surface area contributed by atoms with E-state index in [1.807, 2.05) is 0 Å². The van der Waals surface area contributed by atoms with E-state index in [-0.39, 0.29) is 0 Å². The first-order chi connectivity index (χ1) is 9.59. The molecule has 0 amide bonds. The van der Waals surface area contributed by atoms with Crippen LogP contribution in [-0.4, -0.2) is 18.6 Å². The highest BCUT2D eigenvalue weighted by molar-refractivity contribution is 5.47. The van der Waals surface area contributed by atoms with Crippen LogP contribution in [0.3, 0.4) is 0 Å². The first kappa shape index (κ1) is 14.9. The first-order valence-corrected chi connectivity index (χ1v) is 7.61. The van der Waals surface area contributed by atoms with Gasteiger partial charge in [-0.05, 0) is 51.2 Å². The third-order valence-corrected chi connectivity index (χ3v) is 4.61. The van der Waals surface area contributed by atoms with Crippen molar-refractivity contribution < 1.29 is 0 Å². The second-order valence-corrected chi connectivity index (χ2v) is 5.95. The quantitative estimate of drug-likeness (QED) is 0.894. The van der Waals surface area contributed by atoms with Gasteiger partial charge in [0.25, 0.3) is 0 Å². The molecule has 108 valence electrons. The van der Waals surface area contributed by atoms with Gasteiger partial charge in [0.05, 0.1) is 6.07 Å². The Hall–Kier alpha value is -1.53. The molecule has 0 spiro atoms. The minimum absolute atomic E-state index is 0.340. The predicted octanol–water partition coefficient (Wildman–Crippen LogP) is 3.23. The zero-order chi connectivity index (χ0) is 14.6. The lowest BCUT2D eigenvalue weighted by Crippen LogP contribution is -2.43. The predicted molar refractivity (Wildman–Crippen MR) is 83.6 cm³/mol. The molecule has 0 heterocycles. The molecule has 2 unspecified atom stereocenters. The van der Waals surface area contributed by atoms with Crippen molar-refractivity contribution in [2.75, 3.05) is 18.0 Å². The lowest BCUT2D eigenvalue weighted by molar-refractivity contribution is 0.374. The number of hydrogen-bond donors (Lipinski definition) is 1. The number of rotatable bonds is 5. The lowest BCUT2D eigenvalue weighted by Gasteiger charge is -2.29. The molecule has 1 aromatic rings. The molecule has 1 aromatic carbocycles. The summed E-state index contributed by atoms with van der Waals surface area (Å²) >= 11 is 0. The molecular formula is C17H25N3. The molecule has 3 nitrogen and oxygen atoms in total. The normalized spacial score (nSPS) is 25.4. The maximum absolute atomic E-state index is 9.28. The van der Waals surface area contributed by atoms with Crippen molar-refractivity contribution in [2.24, 2.45) is 11.7 Å². The van der Waals surface area contributed by atoms with E-state index >= 15 is 0 Å². The lowest BCUT2D eigenvalue weighted by atomic mass is 9.87. The molecule has 2 rings (SSSR count). The Labute approximate surface area is 122 Å². The summed E-state index contributed by atoms with van der Waals surface area (Å²) in [5, 5.41) is 9.28. The van der Waals surface area contributed by atoms with Crippen molar-refractivity contribution in [2.45, 2.75) is 45.1 Å². The van der Waals surface area contributed by atoms with Gasteiger partial charge in [0.15, 0.2) is 0 Å². The summed E-state index contributed by atoms with van der Waals surface area (Å²) in [5.74, 6) is 0.340. The Balaban J connectivity index is 1.98. The number of nitriles is 1. The molecule has 1 aliphatic rings. The molecule has 0 aliphatic heterocycles. The zero-order valence-corrected chi connectivity index (χ0v) is 12.6. The van der Waals surface area contributed by atoms with E-state index in [0.29, 0.717) is 5.92 Å². The van der Waals surface area contributed by atoms with Crippen molar-refractivity contribution in [3.8, 4) is 6.07 Å². The summed E-state index contributed by atoms with van der Waals surface area (Å²) in [5.41, 5.74) is 8.16. The van der Waals surface area contributed by atoms with E-state index in [1.54, 1.807) is 0 Å². The van der Waals surface area contributed by atoms with E-state index in [4.69, 9.17) is 5.73 Å². The van der Waals surface area contributed by atoms with Crippen molar-refractivity contribution in [1.82, 2.24) is 0 Å². The van der Waals surface area contributed by atoms with Crippen molar-refractivity contribution in [3.63, 3.8) is 0 Å². The third-order valence-electron chi connectivity index (χ3n) is 4.61. The summed E-state index contributed by atoms with van der Waals surface area (Å²) in [7, 11) is 0. The molecule has 0 bridgehead atoms. The molecule has 1 fully saturated rings. The van der Waals surface area contributed by atoms with E-state index in [2.05, 4.69) is 49.1 Å². The number of aryl methyl sites for hydroxylation is 1. The zero-order valence-electron chi connectivity index (χ0n) is 12.6. The van der Waals surface area contributed by atoms with Crippen LogP contribution in [0, 0.1) is 24.2 Å². The third kappa shape index (κ3) is 3.13. The number of anilines is 1. The van der Waals surface area contributed by atoms with E-state index in [1.165, 1.54) is 11.3 Å². The number of benzene rings is 1. The Morgan fingerprint density at radius 3 is 2.70 bits per heavy atom. The van der Waals surface area contributed by atoms with Gasteiger partial charge < -0.3 is 10.6 Å². The summed E-state index contributed by atoms with van der Waals surface area (Å²) in [4.78, 5) is 2.37. The van der Waals surface area contributed by atoms with Gasteiger partial charge in [-0.15, -0.1) is 0 Å². The highest BCUT2D eigenvalue weighted by Gasteiger charge is 2.39. The van der Waals surface area contributed by atoms with Gasteiger partial charge in [-0.1, -0.05) is 24.1 Å². The van der Waals surface area contributed by atoms with E-state index < -0.39 is 5.54 Å². The molecule has 20 heavy (non-hydrogen) atoms. The minimum atomic E-state index is -0.591. The number of nitrogens with zero attached hydrogens (tertiary/aromatic N) is 2. The fourth-order valence-electron chi connectivity index (χ4n) is 3.19. The monoisotopic (exact) mass is 271 g/mol. The summed E-state index contributed by atoms with van der Waals surface area (Å²) in [6.45, 7) is 6.24. The maximum atomic E-state index is 9.28. The van der Waals surface area contributed by atoms with Crippen molar-refractivity contribution in [3.05, 3.63) is 29.8 Å². The van der Waals surface area contributed by atoms with E-state index in [9.17, 15) is 5.26 Å². The topological polar surface area (TPSA) is 53.0 Å². The Bertz CT molecular complexity index is 474. The number of nitrogens with two attached hydrogens (primary N) is 1. The van der Waals surface area contributed by atoms with Crippen LogP contribution >= 0.6 is 0 Å². The molecule has 1 aliphatic carbocycles. The summed E-state index contributed by atoms with van der Waals surface area (Å²) in [6, 6.07) is 11.0. The van der Waals surface area contributed by atoms with Crippen LogP contribution in [0.1, 0.15) is 38.2 Å². The second-order valence-electron chi connectivity index (χ2n) is 5.95. The smallest absolute Gasteiger partial charge is 0.107 e. The fraction of sp³-hybridized carbons (Fsp3) is 0.588. The largest absolute Gasteiger partial charge is 0.372 e. The Morgan fingerprint density at radius 2 is 2.10 bits per heavy atom. The second kappa shape index (κ2) is 6.28. The number of hydrogen-bond acceptors (Lipinski definition) is 3. The molecular weight excluding hydrogens is 246 g/mol. The molecule has 2 atom stereocenters. The molecule has 0 aromatic heterocycles. The first-order valence-electron chi connectivity index (χ1n) is 7.61. The minimum Gasteiger partial charge on any atom is -0.372 e. The molecule has 0 radical (unpaired) electrons. The molecule has 2 N–H and O–H groups in total. The van der Waals surface area contributed by atoms with Crippen LogP contribution in [0.15, 0.2) is 24.3 Å². The average molecular weight is 271 g/mol. The van der Waals surface area contributed by atoms with Gasteiger partial charge in [-0.25, -0.2) is 0 Å². The van der Waals surface area contributed by atoms with Crippen LogP contribution in [0.2, 0.25) is 0 Å². The van der Waals surface area contributed by atoms with Crippen molar-refractivity contribution in [1.29, 1.82) is 5.26 Å². The van der Waals surface area contributed by atoms with Gasteiger partial charge in [-0.3, -0.25) is 0 Å². The van der Waals surface area contributed by atoms with Crippen LogP contribution in [0.25, 0.3) is 0 Å². The van der Waals surface area contributed by atoms with Crippen LogP contribution in [-0.2, 0) is 0 Å². The summed E-state index contributed by atoms with van der Waals surface area (Å²) < 4.78 is 0. The Kier molecular flexibility index (Phi) is 4.67. The highest BCUT2D eigenvalue weighted by Crippen LogP contribution is 2.35. The van der Waals surface area contributed by atoms with Gasteiger partial charge in [0.2, 0.25) is 0 Å². The average Bonchev–Trinajstić information content (AvgIpc) is 2.83. The van der Waals surface area contributed by atoms with Crippen molar-refractivity contribution >= 4 is 5.69 Å². The highest BCUT2D eigenvalue weighted by atomic mass is 15.1. The Morgan fingerprint density at radius 1 is 1.40 bits per heavy atom. The van der Waals surface area contributed by atoms with Crippen LogP contribution in [0.5, 0.6) is 0 Å². The van der Waals surface area contributed by atoms with Crippen LogP contribution < -0.4 is 10.6 Å². The fourth-order valence-corrected chi connectivity index (χ4v) is 3.19. The van der Waals surface area contributed by atoms with Gasteiger partial charge >= 0.3 is 0 Å². The summed E-state index contributed by atoms with van der Waals surface area (Å²) in [6.07, 6.45) is 4.04. The van der Waals surface area contributed by atoms with Gasteiger partial charge in [-0.2, -0.15) is 5.26 Å². The molecule has 1 saturated carbocycles. The molecule has 3 heteroatoms. The van der Waals surface area contributed by atoms with Gasteiger partial charge in [0.1, 0.15) is 5.54 Å². The van der Waals surface area contributed by atoms with Gasteiger partial charge in [0, 0.05) is 18.8 Å². The van der Waals surface area contributed by atoms with E-state index in [0.717, 1.165) is 38.8 Å². The molecule has 0 saturated heterocycles.